The van der Waals surface area contributed by atoms with Crippen LogP contribution in [0.25, 0.3) is 32.4 Å². The molecule has 1 aliphatic carbocycles. The van der Waals surface area contributed by atoms with Gasteiger partial charge in [-0.1, -0.05) is 0 Å². The standard InChI is InChI=1S/C23H29N7OS/c1-13(2)30-10-8-17(28-30)19-14(3)18-20(25-15-6-7-16(12-15)31-5)26-21(27-23(18)32-19)22-24-9-11-29(22)4/h8-11,13,15-16H,6-7,12H2,1-5H3,(H,25,26,27)/t15-,16-/m1/s1. The summed E-state index contributed by atoms with van der Waals surface area (Å²) in [6.45, 7) is 6.41. The third-order valence-corrected chi connectivity index (χ3v) is 7.45. The summed E-state index contributed by atoms with van der Waals surface area (Å²) < 4.78 is 9.52. The van der Waals surface area contributed by atoms with Crippen molar-refractivity contribution in [3.63, 3.8) is 0 Å². The largest absolute Gasteiger partial charge is 0.381 e. The van der Waals surface area contributed by atoms with Gasteiger partial charge in [-0.15, -0.1) is 11.3 Å². The minimum atomic E-state index is 0.304. The number of rotatable bonds is 6. The van der Waals surface area contributed by atoms with E-state index in [1.165, 1.54) is 0 Å². The Morgan fingerprint density at radius 2 is 2.06 bits per heavy atom. The summed E-state index contributed by atoms with van der Waals surface area (Å²) in [4.78, 5) is 16.4. The number of nitrogens with one attached hydrogen (secondary N) is 1. The van der Waals surface area contributed by atoms with Gasteiger partial charge in [0.15, 0.2) is 11.6 Å². The van der Waals surface area contributed by atoms with Crippen LogP contribution in [0.3, 0.4) is 0 Å². The Morgan fingerprint density at radius 1 is 1.22 bits per heavy atom. The van der Waals surface area contributed by atoms with E-state index in [4.69, 9.17) is 19.8 Å². The van der Waals surface area contributed by atoms with Crippen LogP contribution in [-0.2, 0) is 11.8 Å². The molecular formula is C23H29N7OS. The van der Waals surface area contributed by atoms with E-state index in [1.54, 1.807) is 24.6 Å². The molecule has 9 heteroatoms. The second-order valence-electron chi connectivity index (χ2n) is 8.78. The lowest BCUT2D eigenvalue weighted by Crippen LogP contribution is -2.18. The lowest BCUT2D eigenvalue weighted by atomic mass is 10.1. The smallest absolute Gasteiger partial charge is 0.199 e. The lowest BCUT2D eigenvalue weighted by molar-refractivity contribution is 0.108. The van der Waals surface area contributed by atoms with Crippen molar-refractivity contribution in [1.82, 2.24) is 29.3 Å². The Hall–Kier alpha value is -2.78. The molecule has 5 rings (SSSR count). The van der Waals surface area contributed by atoms with Crippen LogP contribution in [0.2, 0.25) is 0 Å². The molecule has 0 spiro atoms. The van der Waals surface area contributed by atoms with Gasteiger partial charge in [-0.3, -0.25) is 4.68 Å². The molecule has 0 radical (unpaired) electrons. The fourth-order valence-corrected chi connectivity index (χ4v) is 5.54. The van der Waals surface area contributed by atoms with E-state index in [9.17, 15) is 0 Å². The Bertz CT molecular complexity index is 1250. The van der Waals surface area contributed by atoms with E-state index in [1.807, 2.05) is 28.7 Å². The van der Waals surface area contributed by atoms with Crippen molar-refractivity contribution in [1.29, 1.82) is 0 Å². The van der Waals surface area contributed by atoms with Crippen LogP contribution in [0.5, 0.6) is 0 Å². The molecule has 4 aromatic heterocycles. The highest BCUT2D eigenvalue weighted by molar-refractivity contribution is 7.22. The van der Waals surface area contributed by atoms with Crippen LogP contribution in [0, 0.1) is 6.92 Å². The quantitative estimate of drug-likeness (QED) is 0.452. The van der Waals surface area contributed by atoms with E-state index >= 15 is 0 Å². The summed E-state index contributed by atoms with van der Waals surface area (Å²) in [7, 11) is 3.76. The van der Waals surface area contributed by atoms with E-state index in [-0.39, 0.29) is 0 Å². The second-order valence-corrected chi connectivity index (χ2v) is 9.78. The molecule has 8 nitrogen and oxygen atoms in total. The van der Waals surface area contributed by atoms with Crippen molar-refractivity contribution in [2.45, 2.75) is 58.2 Å². The summed E-state index contributed by atoms with van der Waals surface area (Å²) in [5, 5.41) is 9.59. The number of thiophene rings is 1. The first kappa shape index (κ1) is 21.1. The monoisotopic (exact) mass is 451 g/mol. The average molecular weight is 452 g/mol. The molecular weight excluding hydrogens is 422 g/mol. The number of aryl methyl sites for hydroxylation is 2. The molecule has 4 heterocycles. The minimum absolute atomic E-state index is 0.304. The van der Waals surface area contributed by atoms with Crippen molar-refractivity contribution >= 4 is 27.4 Å². The Morgan fingerprint density at radius 3 is 2.72 bits per heavy atom. The molecule has 1 aliphatic rings. The van der Waals surface area contributed by atoms with Crippen LogP contribution in [-0.4, -0.2) is 48.6 Å². The van der Waals surface area contributed by atoms with Crippen LogP contribution < -0.4 is 5.32 Å². The molecule has 0 amide bonds. The number of nitrogens with zero attached hydrogens (tertiary/aromatic N) is 6. The highest BCUT2D eigenvalue weighted by Crippen LogP contribution is 2.41. The van der Waals surface area contributed by atoms with Gasteiger partial charge >= 0.3 is 0 Å². The maximum atomic E-state index is 5.58. The summed E-state index contributed by atoms with van der Waals surface area (Å²) >= 11 is 1.67. The highest BCUT2D eigenvalue weighted by Gasteiger charge is 2.27. The molecule has 4 aromatic rings. The number of anilines is 1. The zero-order valence-corrected chi connectivity index (χ0v) is 20.0. The molecule has 2 atom stereocenters. The fraction of sp³-hybridized carbons (Fsp3) is 0.478. The van der Waals surface area contributed by atoms with Gasteiger partial charge in [0, 0.05) is 44.8 Å². The molecule has 32 heavy (non-hydrogen) atoms. The summed E-state index contributed by atoms with van der Waals surface area (Å²) in [5.74, 6) is 2.26. The number of fused-ring (bicyclic) bond motifs is 1. The predicted octanol–water partition coefficient (Wildman–Crippen LogP) is 4.82. The first-order valence-electron chi connectivity index (χ1n) is 11.1. The van der Waals surface area contributed by atoms with Gasteiger partial charge in [0.05, 0.1) is 16.4 Å². The zero-order valence-electron chi connectivity index (χ0n) is 19.2. The van der Waals surface area contributed by atoms with Crippen LogP contribution in [0.4, 0.5) is 5.82 Å². The Kier molecular flexibility index (Phi) is 5.46. The fourth-order valence-electron chi connectivity index (χ4n) is 4.39. The van der Waals surface area contributed by atoms with Gasteiger partial charge in [0.25, 0.3) is 0 Å². The van der Waals surface area contributed by atoms with E-state index < -0.39 is 0 Å². The topological polar surface area (TPSA) is 82.7 Å². The SMILES string of the molecule is CO[C@@H]1CC[C@@H](Nc2nc(-c3nccn3C)nc3sc(-c4ccn(C(C)C)n4)c(C)c23)C1. The molecule has 0 aromatic carbocycles. The van der Waals surface area contributed by atoms with Gasteiger partial charge in [-0.05, 0) is 51.7 Å². The van der Waals surface area contributed by atoms with E-state index in [0.29, 0.717) is 24.0 Å². The van der Waals surface area contributed by atoms with Gasteiger partial charge in [0.2, 0.25) is 0 Å². The maximum absolute atomic E-state index is 5.58. The average Bonchev–Trinajstić information content (AvgIpc) is 3.54. The molecule has 0 saturated heterocycles. The maximum Gasteiger partial charge on any atom is 0.199 e. The van der Waals surface area contributed by atoms with Gasteiger partial charge in [-0.2, -0.15) is 5.10 Å². The van der Waals surface area contributed by atoms with Gasteiger partial charge in [0.1, 0.15) is 16.3 Å². The number of methoxy groups -OCH3 is 1. The van der Waals surface area contributed by atoms with E-state index in [0.717, 1.165) is 57.3 Å². The van der Waals surface area contributed by atoms with Gasteiger partial charge < -0.3 is 14.6 Å². The third-order valence-electron chi connectivity index (χ3n) is 6.24. The number of hydrogen-bond acceptors (Lipinski definition) is 7. The lowest BCUT2D eigenvalue weighted by Gasteiger charge is -2.15. The molecule has 1 N–H and O–H groups in total. The van der Waals surface area contributed by atoms with Crippen molar-refractivity contribution < 1.29 is 4.74 Å². The van der Waals surface area contributed by atoms with Crippen LogP contribution in [0.15, 0.2) is 24.7 Å². The molecule has 1 fully saturated rings. The normalized spacial score (nSPS) is 18.8. The van der Waals surface area contributed by atoms with E-state index in [2.05, 4.69) is 37.1 Å². The van der Waals surface area contributed by atoms with Crippen molar-refractivity contribution in [2.75, 3.05) is 12.4 Å². The highest BCUT2D eigenvalue weighted by atomic mass is 32.1. The predicted molar refractivity (Wildman–Crippen MR) is 128 cm³/mol. The number of hydrogen-bond donors (Lipinski definition) is 1. The van der Waals surface area contributed by atoms with Crippen molar-refractivity contribution in [3.8, 4) is 22.2 Å². The first-order chi connectivity index (χ1) is 15.4. The molecule has 0 bridgehead atoms. The van der Waals surface area contributed by atoms with Crippen LogP contribution >= 0.6 is 11.3 Å². The Labute approximate surface area is 191 Å². The van der Waals surface area contributed by atoms with Crippen LogP contribution in [0.1, 0.15) is 44.7 Å². The van der Waals surface area contributed by atoms with Crippen molar-refractivity contribution in [3.05, 3.63) is 30.2 Å². The number of imidazole rings is 1. The molecule has 168 valence electrons. The summed E-state index contributed by atoms with van der Waals surface area (Å²) in [6, 6.07) is 2.73. The second kappa shape index (κ2) is 8.29. The minimum Gasteiger partial charge on any atom is -0.381 e. The number of ether oxygens (including phenoxy) is 1. The van der Waals surface area contributed by atoms with Gasteiger partial charge in [-0.25, -0.2) is 15.0 Å². The van der Waals surface area contributed by atoms with Crippen molar-refractivity contribution in [2.24, 2.45) is 7.05 Å². The molecule has 1 saturated carbocycles. The summed E-state index contributed by atoms with van der Waals surface area (Å²) in [6.07, 6.45) is 9.15. The first-order valence-corrected chi connectivity index (χ1v) is 11.9. The Balaban J connectivity index is 1.63. The molecule has 0 aliphatic heterocycles. The molecule has 0 unspecified atom stereocenters. The third kappa shape index (κ3) is 3.69. The summed E-state index contributed by atoms with van der Waals surface area (Å²) in [5.41, 5.74) is 2.14. The number of aromatic nitrogens is 6. The zero-order chi connectivity index (χ0) is 22.4.